The Bertz CT molecular complexity index is 273. The largest absolute Gasteiger partial charge is 0.394 e. The molecule has 2 nitrogen and oxygen atoms in total. The Balaban J connectivity index is 0.00000144. The number of aryl methyl sites for hydroxylation is 1. The first-order valence-electron chi connectivity index (χ1n) is 4.03. The van der Waals surface area contributed by atoms with E-state index in [1.807, 2.05) is 38.1 Å². The van der Waals surface area contributed by atoms with Crippen molar-refractivity contribution in [1.29, 1.82) is 0 Å². The van der Waals surface area contributed by atoms with Crippen molar-refractivity contribution in [3.05, 3.63) is 35.4 Å². The number of hydrogen-bond donors (Lipinski definition) is 2. The number of aliphatic hydroxyl groups is 1. The predicted octanol–water partition coefficient (Wildman–Crippen LogP) is 1.58. The molecule has 0 aromatic heterocycles. The first-order chi connectivity index (χ1) is 5.56. The second kappa shape index (κ2) is 4.61. The van der Waals surface area contributed by atoms with Crippen molar-refractivity contribution < 1.29 is 5.11 Å². The Kier molecular flexibility index (Phi) is 4.40. The van der Waals surface area contributed by atoms with E-state index in [-0.39, 0.29) is 19.0 Å². The first-order valence-corrected chi connectivity index (χ1v) is 4.03. The minimum atomic E-state index is -0.619. The summed E-state index contributed by atoms with van der Waals surface area (Å²) < 4.78 is 0. The van der Waals surface area contributed by atoms with Gasteiger partial charge in [0.1, 0.15) is 0 Å². The Morgan fingerprint density at radius 2 is 2.08 bits per heavy atom. The molecule has 0 aliphatic carbocycles. The average Bonchev–Trinajstić information content (AvgIpc) is 2.05. The topological polar surface area (TPSA) is 46.2 Å². The van der Waals surface area contributed by atoms with Crippen LogP contribution in [0.1, 0.15) is 18.1 Å². The molecule has 1 atom stereocenters. The maximum absolute atomic E-state index is 9.01. The second-order valence-corrected chi connectivity index (χ2v) is 3.45. The van der Waals surface area contributed by atoms with Crippen LogP contribution in [-0.4, -0.2) is 11.7 Å². The van der Waals surface area contributed by atoms with Crippen LogP contribution < -0.4 is 5.73 Å². The number of benzene rings is 1. The van der Waals surface area contributed by atoms with Gasteiger partial charge in [-0.25, -0.2) is 0 Å². The molecule has 1 aromatic carbocycles. The maximum Gasteiger partial charge on any atom is 0.0650 e. The Morgan fingerprint density at radius 1 is 1.46 bits per heavy atom. The molecule has 1 rings (SSSR count). The smallest absolute Gasteiger partial charge is 0.0650 e. The molecule has 0 spiro atoms. The number of rotatable bonds is 2. The molecule has 0 saturated carbocycles. The van der Waals surface area contributed by atoms with Gasteiger partial charge < -0.3 is 10.8 Å². The monoisotopic (exact) mass is 201 g/mol. The van der Waals surface area contributed by atoms with Crippen LogP contribution in [-0.2, 0) is 5.54 Å². The summed E-state index contributed by atoms with van der Waals surface area (Å²) in [4.78, 5) is 0. The summed E-state index contributed by atoms with van der Waals surface area (Å²) in [7, 11) is 0. The van der Waals surface area contributed by atoms with Gasteiger partial charge in [-0.3, -0.25) is 0 Å². The fourth-order valence-corrected chi connectivity index (χ4v) is 1.09. The van der Waals surface area contributed by atoms with E-state index in [4.69, 9.17) is 10.8 Å². The van der Waals surface area contributed by atoms with E-state index < -0.39 is 5.54 Å². The molecular formula is C10H16ClNO. The lowest BCUT2D eigenvalue weighted by Crippen LogP contribution is -2.36. The van der Waals surface area contributed by atoms with Gasteiger partial charge in [0.2, 0.25) is 0 Å². The molecule has 0 saturated heterocycles. The van der Waals surface area contributed by atoms with Crippen LogP contribution >= 0.6 is 12.4 Å². The summed E-state index contributed by atoms with van der Waals surface area (Å²) in [5, 5.41) is 9.01. The van der Waals surface area contributed by atoms with Crippen molar-refractivity contribution in [2.45, 2.75) is 19.4 Å². The van der Waals surface area contributed by atoms with Crippen LogP contribution in [0.2, 0.25) is 0 Å². The molecule has 1 aromatic rings. The van der Waals surface area contributed by atoms with Crippen LogP contribution in [0.3, 0.4) is 0 Å². The van der Waals surface area contributed by atoms with E-state index in [0.717, 1.165) is 11.1 Å². The van der Waals surface area contributed by atoms with Crippen molar-refractivity contribution in [2.24, 2.45) is 5.73 Å². The van der Waals surface area contributed by atoms with Gasteiger partial charge in [-0.05, 0) is 19.4 Å². The van der Waals surface area contributed by atoms with Crippen LogP contribution in [0.4, 0.5) is 0 Å². The zero-order valence-corrected chi connectivity index (χ0v) is 8.77. The molecule has 0 amide bonds. The molecule has 3 N–H and O–H groups in total. The van der Waals surface area contributed by atoms with E-state index in [9.17, 15) is 0 Å². The van der Waals surface area contributed by atoms with Crippen molar-refractivity contribution in [1.82, 2.24) is 0 Å². The summed E-state index contributed by atoms with van der Waals surface area (Å²) in [6.45, 7) is 3.80. The number of nitrogens with two attached hydrogens (primary N) is 1. The van der Waals surface area contributed by atoms with Gasteiger partial charge in [0.25, 0.3) is 0 Å². The van der Waals surface area contributed by atoms with E-state index >= 15 is 0 Å². The number of halogens is 1. The summed E-state index contributed by atoms with van der Waals surface area (Å²) in [6, 6.07) is 7.89. The highest BCUT2D eigenvalue weighted by atomic mass is 35.5. The van der Waals surface area contributed by atoms with E-state index in [1.54, 1.807) is 0 Å². The highest BCUT2D eigenvalue weighted by Crippen LogP contribution is 2.17. The van der Waals surface area contributed by atoms with Gasteiger partial charge in [0, 0.05) is 0 Å². The zero-order chi connectivity index (χ0) is 9.19. The van der Waals surface area contributed by atoms with Crippen molar-refractivity contribution in [3.63, 3.8) is 0 Å². The highest BCUT2D eigenvalue weighted by Gasteiger charge is 2.19. The van der Waals surface area contributed by atoms with Gasteiger partial charge in [0.15, 0.2) is 0 Å². The van der Waals surface area contributed by atoms with Crippen molar-refractivity contribution >= 4 is 12.4 Å². The zero-order valence-electron chi connectivity index (χ0n) is 7.95. The number of aliphatic hydroxyl groups excluding tert-OH is 1. The summed E-state index contributed by atoms with van der Waals surface area (Å²) >= 11 is 0. The molecular weight excluding hydrogens is 186 g/mol. The predicted molar refractivity (Wildman–Crippen MR) is 57.1 cm³/mol. The van der Waals surface area contributed by atoms with E-state index in [2.05, 4.69) is 0 Å². The lowest BCUT2D eigenvalue weighted by atomic mass is 9.93. The quantitative estimate of drug-likeness (QED) is 0.764. The van der Waals surface area contributed by atoms with Crippen LogP contribution in [0.25, 0.3) is 0 Å². The summed E-state index contributed by atoms with van der Waals surface area (Å²) in [6.07, 6.45) is 0. The lowest BCUT2D eigenvalue weighted by molar-refractivity contribution is 0.210. The van der Waals surface area contributed by atoms with Gasteiger partial charge in [-0.2, -0.15) is 0 Å². The highest BCUT2D eigenvalue weighted by molar-refractivity contribution is 5.85. The third kappa shape index (κ3) is 2.99. The van der Waals surface area contributed by atoms with Gasteiger partial charge in [-0.1, -0.05) is 29.8 Å². The Labute approximate surface area is 85.2 Å². The molecule has 0 bridgehead atoms. The molecule has 0 aliphatic heterocycles. The fourth-order valence-electron chi connectivity index (χ4n) is 1.09. The normalized spacial score (nSPS) is 14.5. The molecule has 13 heavy (non-hydrogen) atoms. The third-order valence-electron chi connectivity index (χ3n) is 2.01. The van der Waals surface area contributed by atoms with Crippen LogP contribution in [0.5, 0.6) is 0 Å². The van der Waals surface area contributed by atoms with Gasteiger partial charge in [0.05, 0.1) is 12.1 Å². The summed E-state index contributed by atoms with van der Waals surface area (Å²) in [5.41, 5.74) is 7.38. The first kappa shape index (κ1) is 12.4. The Hall–Kier alpha value is -0.570. The lowest BCUT2D eigenvalue weighted by Gasteiger charge is -2.22. The van der Waals surface area contributed by atoms with Crippen LogP contribution in [0.15, 0.2) is 24.3 Å². The average molecular weight is 202 g/mol. The van der Waals surface area contributed by atoms with E-state index in [1.165, 1.54) is 0 Å². The molecule has 0 heterocycles. The molecule has 0 aliphatic rings. The minimum absolute atomic E-state index is 0. The molecule has 0 unspecified atom stereocenters. The van der Waals surface area contributed by atoms with Gasteiger partial charge >= 0.3 is 0 Å². The Morgan fingerprint density at radius 3 is 2.54 bits per heavy atom. The van der Waals surface area contributed by atoms with Crippen LogP contribution in [0, 0.1) is 6.92 Å². The molecule has 74 valence electrons. The van der Waals surface area contributed by atoms with Crippen molar-refractivity contribution in [3.8, 4) is 0 Å². The standard InChI is InChI=1S/C10H15NO.ClH/c1-8-4-3-5-9(6-8)10(2,11)7-12;/h3-6,12H,7,11H2,1-2H3;1H/t10-;/m1./s1. The third-order valence-corrected chi connectivity index (χ3v) is 2.01. The fraction of sp³-hybridized carbons (Fsp3) is 0.400. The maximum atomic E-state index is 9.01. The SMILES string of the molecule is Cc1cccc([C@](C)(N)CO)c1.Cl. The number of hydrogen-bond acceptors (Lipinski definition) is 2. The molecule has 0 radical (unpaired) electrons. The second-order valence-electron chi connectivity index (χ2n) is 3.45. The van der Waals surface area contributed by atoms with Crippen molar-refractivity contribution in [2.75, 3.05) is 6.61 Å². The molecule has 0 fully saturated rings. The van der Waals surface area contributed by atoms with E-state index in [0.29, 0.717) is 0 Å². The summed E-state index contributed by atoms with van der Waals surface area (Å²) in [5.74, 6) is 0. The molecule has 3 heteroatoms. The minimum Gasteiger partial charge on any atom is -0.394 e. The van der Waals surface area contributed by atoms with Gasteiger partial charge in [-0.15, -0.1) is 12.4 Å².